The molecule has 1 unspecified atom stereocenters. The molecular formula is C10H16O7. The van der Waals surface area contributed by atoms with Crippen LogP contribution in [0.4, 0.5) is 0 Å². The molecule has 0 saturated carbocycles. The smallest absolute Gasteiger partial charge is 0.303 e. The Bertz CT molecular complexity index is 290. The Morgan fingerprint density at radius 1 is 1.18 bits per heavy atom. The highest BCUT2D eigenvalue weighted by Crippen LogP contribution is 2.34. The number of carboxylic acids is 2. The molecule has 1 aliphatic rings. The van der Waals surface area contributed by atoms with Gasteiger partial charge in [0.25, 0.3) is 0 Å². The summed E-state index contributed by atoms with van der Waals surface area (Å²) in [6, 6.07) is 0. The van der Waals surface area contributed by atoms with Crippen molar-refractivity contribution in [1.29, 1.82) is 0 Å². The van der Waals surface area contributed by atoms with Gasteiger partial charge in [0.05, 0.1) is 19.1 Å². The molecule has 0 bridgehead atoms. The van der Waals surface area contributed by atoms with Crippen molar-refractivity contribution >= 4 is 11.9 Å². The lowest BCUT2D eigenvalue weighted by Gasteiger charge is -2.38. The van der Waals surface area contributed by atoms with Crippen LogP contribution in [0.25, 0.3) is 0 Å². The monoisotopic (exact) mass is 248 g/mol. The highest BCUT2D eigenvalue weighted by Gasteiger charge is 2.39. The molecule has 98 valence electrons. The van der Waals surface area contributed by atoms with Gasteiger partial charge in [-0.25, -0.2) is 0 Å². The summed E-state index contributed by atoms with van der Waals surface area (Å²) in [7, 11) is 0. The fraction of sp³-hybridized carbons (Fsp3) is 0.800. The normalized spacial score (nSPS) is 33.3. The second kappa shape index (κ2) is 5.95. The van der Waals surface area contributed by atoms with E-state index in [1.165, 1.54) is 0 Å². The maximum absolute atomic E-state index is 10.7. The second-order valence-electron chi connectivity index (χ2n) is 4.17. The van der Waals surface area contributed by atoms with Gasteiger partial charge in [0, 0.05) is 18.8 Å². The fourth-order valence-electron chi connectivity index (χ4n) is 2.23. The third-order valence-corrected chi connectivity index (χ3v) is 2.95. The molecule has 17 heavy (non-hydrogen) atoms. The van der Waals surface area contributed by atoms with Crippen LogP contribution >= 0.6 is 0 Å². The van der Waals surface area contributed by atoms with Gasteiger partial charge in [-0.15, -0.1) is 0 Å². The number of hydrogen-bond donors (Lipinski definition) is 4. The summed E-state index contributed by atoms with van der Waals surface area (Å²) in [5.74, 6) is -3.25. The molecule has 0 aliphatic carbocycles. The van der Waals surface area contributed by atoms with E-state index in [1.54, 1.807) is 0 Å². The third kappa shape index (κ3) is 3.95. The fourth-order valence-corrected chi connectivity index (χ4v) is 2.23. The lowest BCUT2D eigenvalue weighted by Crippen LogP contribution is -2.44. The van der Waals surface area contributed by atoms with Crippen LogP contribution in [0.15, 0.2) is 0 Å². The van der Waals surface area contributed by atoms with Crippen molar-refractivity contribution in [3.8, 4) is 0 Å². The number of carboxylic acid groups (broad SMARTS) is 2. The van der Waals surface area contributed by atoms with E-state index < -0.39 is 42.8 Å². The Hall–Kier alpha value is -1.18. The molecule has 1 heterocycles. The third-order valence-electron chi connectivity index (χ3n) is 2.95. The molecule has 1 rings (SSSR count). The summed E-state index contributed by atoms with van der Waals surface area (Å²) in [6.45, 7) is -0.439. The lowest BCUT2D eigenvalue weighted by molar-refractivity contribution is -0.213. The summed E-state index contributed by atoms with van der Waals surface area (Å²) in [4.78, 5) is 21.4. The van der Waals surface area contributed by atoms with Crippen molar-refractivity contribution in [2.24, 2.45) is 11.8 Å². The SMILES string of the molecule is O=C(O)C[C@H]1CC(O)O[C@@H](CO)[C@H]1CC(=O)O. The van der Waals surface area contributed by atoms with Crippen LogP contribution in [0.5, 0.6) is 0 Å². The molecule has 0 radical (unpaired) electrons. The minimum atomic E-state index is -1.15. The molecule has 7 nitrogen and oxygen atoms in total. The quantitative estimate of drug-likeness (QED) is 0.505. The van der Waals surface area contributed by atoms with Crippen LogP contribution in [0.2, 0.25) is 0 Å². The summed E-state index contributed by atoms with van der Waals surface area (Å²) in [6.07, 6.45) is -2.44. The molecular weight excluding hydrogens is 232 g/mol. The van der Waals surface area contributed by atoms with Crippen molar-refractivity contribution in [1.82, 2.24) is 0 Å². The Kier molecular flexibility index (Phi) is 4.86. The molecule has 1 saturated heterocycles. The Morgan fingerprint density at radius 3 is 2.24 bits per heavy atom. The van der Waals surface area contributed by atoms with E-state index in [-0.39, 0.29) is 19.3 Å². The Labute approximate surface area is 97.6 Å². The highest BCUT2D eigenvalue weighted by atomic mass is 16.6. The van der Waals surface area contributed by atoms with Crippen LogP contribution in [0.1, 0.15) is 19.3 Å². The standard InChI is InChI=1S/C10H16O7/c11-4-7-6(3-9(14)15)5(1-8(12)13)2-10(16)17-7/h5-7,10-11,16H,1-4H2,(H,12,13)(H,14,15)/t5-,6-,7-,10?/m0/s1. The first-order valence-electron chi connectivity index (χ1n) is 5.32. The molecule has 1 fully saturated rings. The number of hydrogen-bond acceptors (Lipinski definition) is 5. The first kappa shape index (κ1) is 13.9. The van der Waals surface area contributed by atoms with Crippen LogP contribution in [-0.4, -0.2) is 51.4 Å². The van der Waals surface area contributed by atoms with Crippen molar-refractivity contribution in [3.63, 3.8) is 0 Å². The number of aliphatic carboxylic acids is 2. The van der Waals surface area contributed by atoms with Gasteiger partial charge in [-0.2, -0.15) is 0 Å². The Balaban J connectivity index is 2.78. The Morgan fingerprint density at radius 2 is 1.76 bits per heavy atom. The van der Waals surface area contributed by atoms with E-state index in [0.717, 1.165) is 0 Å². The predicted octanol–water partition coefficient (Wildman–Crippen LogP) is -0.732. The number of aliphatic hydroxyl groups excluding tert-OH is 2. The van der Waals surface area contributed by atoms with Crippen molar-refractivity contribution < 1.29 is 34.8 Å². The van der Waals surface area contributed by atoms with Crippen molar-refractivity contribution in [2.45, 2.75) is 31.7 Å². The topological polar surface area (TPSA) is 124 Å². The summed E-state index contributed by atoms with van der Waals surface area (Å²) in [5.41, 5.74) is 0. The molecule has 0 aromatic carbocycles. The first-order chi connectivity index (χ1) is 7.93. The number of ether oxygens (including phenoxy) is 1. The zero-order valence-corrected chi connectivity index (χ0v) is 9.15. The average molecular weight is 248 g/mol. The summed E-state index contributed by atoms with van der Waals surface area (Å²) in [5, 5.41) is 35.9. The largest absolute Gasteiger partial charge is 0.481 e. The summed E-state index contributed by atoms with van der Waals surface area (Å²) >= 11 is 0. The molecule has 0 amide bonds. The van der Waals surface area contributed by atoms with Gasteiger partial charge >= 0.3 is 11.9 Å². The molecule has 1 aliphatic heterocycles. The maximum atomic E-state index is 10.7. The van der Waals surface area contributed by atoms with Gasteiger partial charge in [-0.05, 0) is 5.92 Å². The molecule has 0 aromatic heterocycles. The van der Waals surface area contributed by atoms with Crippen molar-refractivity contribution in [3.05, 3.63) is 0 Å². The molecule has 0 spiro atoms. The van der Waals surface area contributed by atoms with Gasteiger partial charge < -0.3 is 25.2 Å². The summed E-state index contributed by atoms with van der Waals surface area (Å²) < 4.78 is 5.01. The van der Waals surface area contributed by atoms with Gasteiger partial charge in [-0.1, -0.05) is 0 Å². The molecule has 4 N–H and O–H groups in total. The van der Waals surface area contributed by atoms with E-state index in [1.807, 2.05) is 0 Å². The number of carbonyl (C=O) groups is 2. The van der Waals surface area contributed by atoms with E-state index in [9.17, 15) is 14.7 Å². The predicted molar refractivity (Wildman–Crippen MR) is 54.1 cm³/mol. The zero-order valence-electron chi connectivity index (χ0n) is 9.15. The molecule has 0 aromatic rings. The highest BCUT2D eigenvalue weighted by molar-refractivity contribution is 5.69. The van der Waals surface area contributed by atoms with E-state index >= 15 is 0 Å². The second-order valence-corrected chi connectivity index (χ2v) is 4.17. The zero-order chi connectivity index (χ0) is 13.0. The first-order valence-corrected chi connectivity index (χ1v) is 5.32. The van der Waals surface area contributed by atoms with Gasteiger partial charge in [-0.3, -0.25) is 9.59 Å². The van der Waals surface area contributed by atoms with Gasteiger partial charge in [0.2, 0.25) is 0 Å². The minimum absolute atomic E-state index is 0.0702. The van der Waals surface area contributed by atoms with Gasteiger partial charge in [0.1, 0.15) is 0 Å². The van der Waals surface area contributed by atoms with Crippen LogP contribution < -0.4 is 0 Å². The minimum Gasteiger partial charge on any atom is -0.481 e. The number of aliphatic hydroxyl groups is 2. The average Bonchev–Trinajstić information content (AvgIpc) is 2.20. The van der Waals surface area contributed by atoms with Crippen LogP contribution in [0.3, 0.4) is 0 Å². The van der Waals surface area contributed by atoms with Crippen molar-refractivity contribution in [2.75, 3.05) is 6.61 Å². The maximum Gasteiger partial charge on any atom is 0.303 e. The van der Waals surface area contributed by atoms with Crippen LogP contribution in [-0.2, 0) is 14.3 Å². The number of rotatable bonds is 5. The van der Waals surface area contributed by atoms with E-state index in [4.69, 9.17) is 20.1 Å². The van der Waals surface area contributed by atoms with E-state index in [2.05, 4.69) is 0 Å². The van der Waals surface area contributed by atoms with Crippen LogP contribution in [0, 0.1) is 11.8 Å². The molecule has 4 atom stereocenters. The van der Waals surface area contributed by atoms with Gasteiger partial charge in [0.15, 0.2) is 6.29 Å². The lowest BCUT2D eigenvalue weighted by atomic mass is 9.79. The molecule has 7 heteroatoms. The van der Waals surface area contributed by atoms with E-state index in [0.29, 0.717) is 0 Å².